The molecule has 1 atom stereocenters. The number of anilines is 1. The fourth-order valence-electron chi connectivity index (χ4n) is 3.45. The van der Waals surface area contributed by atoms with E-state index in [0.717, 1.165) is 30.7 Å². The van der Waals surface area contributed by atoms with Gasteiger partial charge in [-0.15, -0.1) is 0 Å². The highest BCUT2D eigenvalue weighted by atomic mass is 19.4. The summed E-state index contributed by atoms with van der Waals surface area (Å²) in [6.45, 7) is 0.919. The van der Waals surface area contributed by atoms with Crippen LogP contribution >= 0.6 is 0 Å². The van der Waals surface area contributed by atoms with Crippen LogP contribution in [0.5, 0.6) is 11.5 Å². The van der Waals surface area contributed by atoms with Crippen LogP contribution in [0.3, 0.4) is 0 Å². The minimum Gasteiger partial charge on any atom is -0.493 e. The van der Waals surface area contributed by atoms with Gasteiger partial charge in [-0.05, 0) is 43.2 Å². The third-order valence-corrected chi connectivity index (χ3v) is 4.90. The number of hydrogen-bond donors (Lipinski definition) is 1. The molecule has 0 aromatic heterocycles. The molecule has 1 saturated heterocycles. The molecular formula is C21H23F3N2O3. The highest BCUT2D eigenvalue weighted by molar-refractivity contribution is 5.94. The first-order chi connectivity index (χ1) is 13.8. The summed E-state index contributed by atoms with van der Waals surface area (Å²) in [5.41, 5.74) is 0.0490. The Bertz CT molecular complexity index is 870. The molecule has 0 spiro atoms. The Morgan fingerprint density at radius 3 is 2.55 bits per heavy atom. The molecule has 0 saturated carbocycles. The number of hydrogen-bond acceptors (Lipinski definition) is 4. The van der Waals surface area contributed by atoms with E-state index < -0.39 is 17.6 Å². The molecule has 3 rings (SSSR count). The van der Waals surface area contributed by atoms with Crippen molar-refractivity contribution in [1.29, 1.82) is 0 Å². The first-order valence-corrected chi connectivity index (χ1v) is 9.27. The molecule has 29 heavy (non-hydrogen) atoms. The highest BCUT2D eigenvalue weighted by Crippen LogP contribution is 2.31. The number of likely N-dealkylation sites (tertiary alicyclic amines) is 1. The number of benzene rings is 2. The van der Waals surface area contributed by atoms with E-state index in [1.807, 2.05) is 12.1 Å². The van der Waals surface area contributed by atoms with E-state index in [2.05, 4.69) is 5.32 Å². The number of carbonyl (C=O) groups is 1. The number of nitrogens with zero attached hydrogens (tertiary/aromatic N) is 1. The van der Waals surface area contributed by atoms with Gasteiger partial charge in [0, 0.05) is 36.4 Å². The van der Waals surface area contributed by atoms with Gasteiger partial charge in [0.25, 0.3) is 5.91 Å². The van der Waals surface area contributed by atoms with E-state index in [4.69, 9.17) is 9.47 Å². The van der Waals surface area contributed by atoms with Crippen LogP contribution in [0.15, 0.2) is 42.5 Å². The number of carbonyl (C=O) groups excluding carboxylic acids is 1. The Morgan fingerprint density at radius 2 is 1.86 bits per heavy atom. The van der Waals surface area contributed by atoms with Crippen molar-refractivity contribution in [2.24, 2.45) is 0 Å². The zero-order chi connectivity index (χ0) is 21.0. The van der Waals surface area contributed by atoms with Gasteiger partial charge in [0.15, 0.2) is 11.5 Å². The Labute approximate surface area is 167 Å². The summed E-state index contributed by atoms with van der Waals surface area (Å²) in [7, 11) is 3.11. The van der Waals surface area contributed by atoms with Crippen LogP contribution in [0.25, 0.3) is 0 Å². The van der Waals surface area contributed by atoms with E-state index in [0.29, 0.717) is 24.6 Å². The molecule has 0 radical (unpaired) electrons. The molecule has 0 unspecified atom stereocenters. The molecule has 2 aromatic carbocycles. The van der Waals surface area contributed by atoms with E-state index in [1.54, 1.807) is 25.2 Å². The van der Waals surface area contributed by atoms with Gasteiger partial charge in [0.05, 0.1) is 19.8 Å². The van der Waals surface area contributed by atoms with Crippen molar-refractivity contribution in [2.75, 3.05) is 32.6 Å². The Morgan fingerprint density at radius 1 is 1.10 bits per heavy atom. The number of halogens is 3. The van der Waals surface area contributed by atoms with Crippen LogP contribution in [0, 0.1) is 0 Å². The lowest BCUT2D eigenvalue weighted by molar-refractivity contribution is -0.137. The standard InChI is InChI=1S/C21H23F3N2O3/c1-28-18-9-8-16(12-19(18)29-2)25-17-7-4-10-26(13-17)20(27)14-5-3-6-15(11-14)21(22,23)24/h3,5-6,8-9,11-12,17,25H,4,7,10,13H2,1-2H3/t17-/m1/s1. The summed E-state index contributed by atoms with van der Waals surface area (Å²) in [6.07, 6.45) is -2.87. The smallest absolute Gasteiger partial charge is 0.416 e. The summed E-state index contributed by atoms with van der Waals surface area (Å²) in [5.74, 6) is 0.808. The molecule has 5 nitrogen and oxygen atoms in total. The Balaban J connectivity index is 1.70. The van der Waals surface area contributed by atoms with Crippen molar-refractivity contribution in [3.05, 3.63) is 53.6 Å². The molecular weight excluding hydrogens is 385 g/mol. The summed E-state index contributed by atoms with van der Waals surface area (Å²) in [6, 6.07) is 10.00. The molecule has 1 heterocycles. The topological polar surface area (TPSA) is 50.8 Å². The monoisotopic (exact) mass is 408 g/mol. The number of rotatable bonds is 5. The second kappa shape index (κ2) is 8.63. The van der Waals surface area contributed by atoms with Gasteiger partial charge in [-0.2, -0.15) is 13.2 Å². The largest absolute Gasteiger partial charge is 0.493 e. The molecule has 0 bridgehead atoms. The molecule has 2 aromatic rings. The summed E-state index contributed by atoms with van der Waals surface area (Å²) >= 11 is 0. The van der Waals surface area contributed by atoms with Crippen LogP contribution in [0.4, 0.5) is 18.9 Å². The van der Waals surface area contributed by atoms with Crippen molar-refractivity contribution < 1.29 is 27.4 Å². The number of amides is 1. The fraction of sp³-hybridized carbons (Fsp3) is 0.381. The SMILES string of the molecule is COc1ccc(N[C@@H]2CCCN(C(=O)c3cccc(C(F)(F)F)c3)C2)cc1OC. The molecule has 0 aliphatic carbocycles. The lowest BCUT2D eigenvalue weighted by Crippen LogP contribution is -2.45. The number of alkyl halides is 3. The number of piperidine rings is 1. The normalized spacial score (nSPS) is 17.0. The van der Waals surface area contributed by atoms with E-state index in [-0.39, 0.29) is 11.6 Å². The van der Waals surface area contributed by atoms with Crippen molar-refractivity contribution >= 4 is 11.6 Å². The van der Waals surface area contributed by atoms with E-state index in [1.165, 1.54) is 12.1 Å². The maximum Gasteiger partial charge on any atom is 0.416 e. The lowest BCUT2D eigenvalue weighted by atomic mass is 10.0. The molecule has 8 heteroatoms. The van der Waals surface area contributed by atoms with Crippen molar-refractivity contribution in [3.8, 4) is 11.5 Å². The number of methoxy groups -OCH3 is 2. The molecule has 156 valence electrons. The maximum atomic E-state index is 12.9. The predicted molar refractivity (Wildman–Crippen MR) is 104 cm³/mol. The fourth-order valence-corrected chi connectivity index (χ4v) is 3.45. The summed E-state index contributed by atoms with van der Waals surface area (Å²) in [4.78, 5) is 14.3. The Kier molecular flexibility index (Phi) is 6.20. The lowest BCUT2D eigenvalue weighted by Gasteiger charge is -2.34. The Hall–Kier alpha value is -2.90. The minimum absolute atomic E-state index is 0.0170. The van der Waals surface area contributed by atoms with E-state index >= 15 is 0 Å². The second-order valence-corrected chi connectivity index (χ2v) is 6.88. The zero-order valence-corrected chi connectivity index (χ0v) is 16.3. The molecule has 1 aliphatic heterocycles. The third-order valence-electron chi connectivity index (χ3n) is 4.90. The van der Waals surface area contributed by atoms with Crippen LogP contribution < -0.4 is 14.8 Å². The first kappa shape index (κ1) is 20.8. The van der Waals surface area contributed by atoms with Gasteiger partial charge in [-0.25, -0.2) is 0 Å². The average molecular weight is 408 g/mol. The van der Waals surface area contributed by atoms with Crippen LogP contribution in [0.1, 0.15) is 28.8 Å². The van der Waals surface area contributed by atoms with Crippen LogP contribution in [-0.4, -0.2) is 44.2 Å². The highest BCUT2D eigenvalue weighted by Gasteiger charge is 2.32. The van der Waals surface area contributed by atoms with E-state index in [9.17, 15) is 18.0 Å². The van der Waals surface area contributed by atoms with Crippen LogP contribution in [0.2, 0.25) is 0 Å². The number of nitrogens with one attached hydrogen (secondary N) is 1. The quantitative estimate of drug-likeness (QED) is 0.795. The van der Waals surface area contributed by atoms with Gasteiger partial charge >= 0.3 is 6.18 Å². The zero-order valence-electron chi connectivity index (χ0n) is 16.3. The molecule has 1 amide bonds. The summed E-state index contributed by atoms with van der Waals surface area (Å²) < 4.78 is 49.3. The minimum atomic E-state index is -4.48. The van der Waals surface area contributed by atoms with Crippen molar-refractivity contribution in [2.45, 2.75) is 25.1 Å². The first-order valence-electron chi connectivity index (χ1n) is 9.27. The van der Waals surface area contributed by atoms with Gasteiger partial charge in [0.1, 0.15) is 0 Å². The third kappa shape index (κ3) is 4.93. The van der Waals surface area contributed by atoms with Gasteiger partial charge < -0.3 is 19.7 Å². The second-order valence-electron chi connectivity index (χ2n) is 6.88. The van der Waals surface area contributed by atoms with Crippen molar-refractivity contribution in [1.82, 2.24) is 4.90 Å². The average Bonchev–Trinajstić information content (AvgIpc) is 2.72. The predicted octanol–water partition coefficient (Wildman–Crippen LogP) is 4.44. The maximum absolute atomic E-state index is 12.9. The van der Waals surface area contributed by atoms with Gasteiger partial charge in [-0.1, -0.05) is 6.07 Å². The molecule has 1 aliphatic rings. The number of ether oxygens (including phenoxy) is 2. The van der Waals surface area contributed by atoms with Gasteiger partial charge in [0.2, 0.25) is 0 Å². The molecule has 1 N–H and O–H groups in total. The van der Waals surface area contributed by atoms with Crippen LogP contribution in [-0.2, 0) is 6.18 Å². The summed E-state index contributed by atoms with van der Waals surface area (Å²) in [5, 5.41) is 3.37. The molecule has 1 fully saturated rings. The van der Waals surface area contributed by atoms with Crippen molar-refractivity contribution in [3.63, 3.8) is 0 Å². The van der Waals surface area contributed by atoms with Gasteiger partial charge in [-0.3, -0.25) is 4.79 Å².